The molecule has 1 amide bonds. The lowest BCUT2D eigenvalue weighted by atomic mass is 9.82. The van der Waals surface area contributed by atoms with E-state index < -0.39 is 0 Å². The zero-order valence-electron chi connectivity index (χ0n) is 10.2. The summed E-state index contributed by atoms with van der Waals surface area (Å²) in [4.78, 5) is 13.6. The van der Waals surface area contributed by atoms with E-state index in [2.05, 4.69) is 15.6 Å². The summed E-state index contributed by atoms with van der Waals surface area (Å²) in [6, 6.07) is 3.18. The molecule has 1 aromatic heterocycles. The number of nitrogens with two attached hydrogens (primary N) is 1. The molecule has 98 valence electrons. The van der Waals surface area contributed by atoms with Gasteiger partial charge in [-0.05, 0) is 30.9 Å². The van der Waals surface area contributed by atoms with Crippen LogP contribution in [0.15, 0.2) is 12.1 Å². The number of carbonyl (C=O) groups excluding carboxylic acids is 1. The predicted octanol–water partition coefficient (Wildman–Crippen LogP) is -0.395. The van der Waals surface area contributed by atoms with Crippen LogP contribution >= 0.6 is 0 Å². The Labute approximate surface area is 105 Å². The topological polar surface area (TPSA) is 104 Å². The zero-order chi connectivity index (χ0) is 13.1. The highest BCUT2D eigenvalue weighted by Crippen LogP contribution is 2.27. The fourth-order valence-electron chi connectivity index (χ4n) is 2.04. The van der Waals surface area contributed by atoms with Crippen LogP contribution in [0.2, 0.25) is 0 Å². The number of aromatic nitrogens is 2. The fourth-order valence-corrected chi connectivity index (χ4v) is 2.04. The Bertz CT molecular complexity index is 416. The summed E-state index contributed by atoms with van der Waals surface area (Å²) in [6.07, 6.45) is 1.33. The molecule has 7 nitrogen and oxygen atoms in total. The van der Waals surface area contributed by atoms with Gasteiger partial charge in [-0.15, -0.1) is 10.2 Å². The van der Waals surface area contributed by atoms with Gasteiger partial charge in [-0.2, -0.15) is 0 Å². The SMILES string of the molecule is CN(CC1CC(O)C1)C(=O)c1ccc(NN)nn1. The van der Waals surface area contributed by atoms with Gasteiger partial charge >= 0.3 is 0 Å². The maximum Gasteiger partial charge on any atom is 0.274 e. The first-order valence-electron chi connectivity index (χ1n) is 5.84. The van der Waals surface area contributed by atoms with Gasteiger partial charge in [-0.3, -0.25) is 4.79 Å². The molecule has 1 aromatic rings. The summed E-state index contributed by atoms with van der Waals surface area (Å²) >= 11 is 0. The minimum atomic E-state index is -0.201. The molecule has 1 saturated carbocycles. The van der Waals surface area contributed by atoms with E-state index in [1.165, 1.54) is 0 Å². The highest BCUT2D eigenvalue weighted by Gasteiger charge is 2.29. The molecule has 4 N–H and O–H groups in total. The van der Waals surface area contributed by atoms with Crippen molar-refractivity contribution in [2.24, 2.45) is 11.8 Å². The molecule has 0 atom stereocenters. The lowest BCUT2D eigenvalue weighted by Gasteiger charge is -2.34. The second kappa shape index (κ2) is 5.28. The Morgan fingerprint density at radius 1 is 1.56 bits per heavy atom. The number of anilines is 1. The number of amides is 1. The van der Waals surface area contributed by atoms with E-state index in [1.807, 2.05) is 0 Å². The average molecular weight is 251 g/mol. The monoisotopic (exact) mass is 251 g/mol. The van der Waals surface area contributed by atoms with Crippen LogP contribution in [0.4, 0.5) is 5.82 Å². The maximum absolute atomic E-state index is 12.0. The van der Waals surface area contributed by atoms with Gasteiger partial charge in [0.25, 0.3) is 5.91 Å². The van der Waals surface area contributed by atoms with Gasteiger partial charge in [0, 0.05) is 13.6 Å². The average Bonchev–Trinajstić information content (AvgIpc) is 2.36. The fraction of sp³-hybridized carbons (Fsp3) is 0.545. The summed E-state index contributed by atoms with van der Waals surface area (Å²) in [5.41, 5.74) is 2.64. The van der Waals surface area contributed by atoms with E-state index in [1.54, 1.807) is 24.1 Å². The van der Waals surface area contributed by atoms with Gasteiger partial charge in [-0.25, -0.2) is 5.84 Å². The van der Waals surface area contributed by atoms with Crippen LogP contribution in [0.1, 0.15) is 23.3 Å². The molecule has 0 aromatic carbocycles. The Kier molecular flexibility index (Phi) is 3.73. The van der Waals surface area contributed by atoms with Gasteiger partial charge in [0.15, 0.2) is 11.5 Å². The molecule has 0 saturated heterocycles. The number of hydrogen-bond acceptors (Lipinski definition) is 6. The first kappa shape index (κ1) is 12.7. The molecule has 7 heteroatoms. The molecule has 2 rings (SSSR count). The minimum absolute atomic E-state index is 0.174. The number of hydrogen-bond donors (Lipinski definition) is 3. The summed E-state index contributed by atoms with van der Waals surface area (Å²) in [5.74, 6) is 5.79. The third kappa shape index (κ3) is 2.74. The smallest absolute Gasteiger partial charge is 0.274 e. The molecule has 1 fully saturated rings. The van der Waals surface area contributed by atoms with Gasteiger partial charge in [0.1, 0.15) is 0 Å². The van der Waals surface area contributed by atoms with Crippen molar-refractivity contribution in [2.75, 3.05) is 19.0 Å². The number of aliphatic hydroxyl groups excluding tert-OH is 1. The van der Waals surface area contributed by atoms with E-state index in [-0.39, 0.29) is 17.7 Å². The quantitative estimate of drug-likeness (QED) is 0.497. The van der Waals surface area contributed by atoms with E-state index in [9.17, 15) is 9.90 Å². The molecule has 1 aliphatic rings. The Morgan fingerprint density at radius 3 is 2.78 bits per heavy atom. The molecule has 0 aliphatic heterocycles. The zero-order valence-corrected chi connectivity index (χ0v) is 10.2. The van der Waals surface area contributed by atoms with E-state index in [4.69, 9.17) is 5.84 Å². The molecule has 0 spiro atoms. The lowest BCUT2D eigenvalue weighted by molar-refractivity contribution is 0.0263. The maximum atomic E-state index is 12.0. The number of nitrogen functional groups attached to an aromatic ring is 1. The van der Waals surface area contributed by atoms with Crippen LogP contribution in [0, 0.1) is 5.92 Å². The summed E-state index contributed by atoms with van der Waals surface area (Å²) in [6.45, 7) is 0.633. The van der Waals surface area contributed by atoms with Gasteiger partial charge in [-0.1, -0.05) is 0 Å². The number of hydrazine groups is 1. The first-order valence-corrected chi connectivity index (χ1v) is 5.84. The van der Waals surface area contributed by atoms with Gasteiger partial charge in [0.2, 0.25) is 0 Å². The predicted molar refractivity (Wildman–Crippen MR) is 65.5 cm³/mol. The van der Waals surface area contributed by atoms with Crippen molar-refractivity contribution in [1.82, 2.24) is 15.1 Å². The second-order valence-electron chi connectivity index (χ2n) is 4.63. The molecule has 0 bridgehead atoms. The number of nitrogens with zero attached hydrogens (tertiary/aromatic N) is 3. The largest absolute Gasteiger partial charge is 0.393 e. The van der Waals surface area contributed by atoms with Crippen molar-refractivity contribution in [3.63, 3.8) is 0 Å². The number of aliphatic hydroxyl groups is 1. The normalized spacial score (nSPS) is 22.2. The molecule has 18 heavy (non-hydrogen) atoms. The molecule has 0 radical (unpaired) electrons. The third-order valence-corrected chi connectivity index (χ3v) is 3.12. The van der Waals surface area contributed by atoms with Crippen molar-refractivity contribution < 1.29 is 9.90 Å². The minimum Gasteiger partial charge on any atom is -0.393 e. The van der Waals surface area contributed by atoms with Crippen LogP contribution in [0.5, 0.6) is 0 Å². The van der Waals surface area contributed by atoms with Gasteiger partial charge < -0.3 is 15.4 Å². The van der Waals surface area contributed by atoms with E-state index >= 15 is 0 Å². The second-order valence-corrected chi connectivity index (χ2v) is 4.63. The first-order chi connectivity index (χ1) is 8.60. The lowest BCUT2D eigenvalue weighted by Crippen LogP contribution is -2.39. The molecule has 0 unspecified atom stereocenters. The molecule has 1 aliphatic carbocycles. The summed E-state index contributed by atoms with van der Waals surface area (Å²) < 4.78 is 0. The van der Waals surface area contributed by atoms with E-state index in [0.717, 1.165) is 12.8 Å². The Balaban J connectivity index is 1.92. The van der Waals surface area contributed by atoms with Crippen LogP contribution in [-0.4, -0.2) is 45.8 Å². The number of carbonyl (C=O) groups is 1. The van der Waals surface area contributed by atoms with E-state index in [0.29, 0.717) is 18.3 Å². The summed E-state index contributed by atoms with van der Waals surface area (Å²) in [7, 11) is 1.73. The van der Waals surface area contributed by atoms with Crippen molar-refractivity contribution in [3.05, 3.63) is 17.8 Å². The third-order valence-electron chi connectivity index (χ3n) is 3.12. The van der Waals surface area contributed by atoms with Crippen molar-refractivity contribution in [1.29, 1.82) is 0 Å². The highest BCUT2D eigenvalue weighted by atomic mass is 16.3. The number of nitrogens with one attached hydrogen (secondary N) is 1. The van der Waals surface area contributed by atoms with Crippen LogP contribution < -0.4 is 11.3 Å². The standard InChI is InChI=1S/C11H17N5O2/c1-16(6-7-4-8(17)5-7)11(18)9-2-3-10(13-12)15-14-9/h2-3,7-8,17H,4-6,12H2,1H3,(H,13,15). The molecule has 1 heterocycles. The Hall–Kier alpha value is -1.73. The van der Waals surface area contributed by atoms with Crippen LogP contribution in [-0.2, 0) is 0 Å². The van der Waals surface area contributed by atoms with Crippen molar-refractivity contribution in [3.8, 4) is 0 Å². The van der Waals surface area contributed by atoms with Crippen LogP contribution in [0.25, 0.3) is 0 Å². The number of rotatable bonds is 4. The van der Waals surface area contributed by atoms with Crippen molar-refractivity contribution in [2.45, 2.75) is 18.9 Å². The molecular weight excluding hydrogens is 234 g/mol. The van der Waals surface area contributed by atoms with Crippen molar-refractivity contribution >= 4 is 11.7 Å². The summed E-state index contributed by atoms with van der Waals surface area (Å²) in [5, 5.41) is 16.8. The Morgan fingerprint density at radius 2 is 2.28 bits per heavy atom. The van der Waals surface area contributed by atoms with Crippen LogP contribution in [0.3, 0.4) is 0 Å². The molecular formula is C11H17N5O2. The van der Waals surface area contributed by atoms with Gasteiger partial charge in [0.05, 0.1) is 6.10 Å². The highest BCUT2D eigenvalue weighted by molar-refractivity contribution is 5.92.